The molecule has 446 valence electrons. The number of phosphoric ester groups is 1. The Balaban J connectivity index is 4.67. The van der Waals surface area contributed by atoms with E-state index in [-0.39, 0.29) is 25.9 Å². The van der Waals surface area contributed by atoms with Crippen molar-refractivity contribution in [2.75, 3.05) is 26.4 Å². The number of allylic oxidation sites excluding steroid dienone is 6. The van der Waals surface area contributed by atoms with E-state index in [0.717, 1.165) is 89.9 Å². The highest BCUT2D eigenvalue weighted by molar-refractivity contribution is 7.47. The number of hydrogen-bond acceptors (Lipinski definition) is 10. The molecular formula is C64H119O11P. The maximum atomic E-state index is 12.9. The molecule has 0 fully saturated rings. The first-order chi connectivity index (χ1) is 37.2. The molecule has 76 heavy (non-hydrogen) atoms. The number of carbonyl (C=O) groups is 3. The lowest BCUT2D eigenvalue weighted by Gasteiger charge is -2.21. The summed E-state index contributed by atoms with van der Waals surface area (Å²) < 4.78 is 39.7. The van der Waals surface area contributed by atoms with E-state index in [0.29, 0.717) is 19.3 Å². The Morgan fingerprint density at radius 2 is 0.684 bits per heavy atom. The van der Waals surface area contributed by atoms with Crippen LogP contribution >= 0.6 is 7.82 Å². The Labute approximate surface area is 467 Å². The lowest BCUT2D eigenvalue weighted by atomic mass is 10.0. The standard InChI is InChI=1S/C64H119O11P/c1-4-7-10-13-16-19-22-25-28-30-33-35-38-41-44-47-50-53-62(66)71-57-61(75-64(68)55-52-49-46-43-40-37-34-31-29-26-23-20-17-14-11-8-5-2)59-73-76(69,70)72-58-60(56-65)74-63(67)54-51-48-45-42-39-36-32-27-24-21-18-15-12-9-6-3/h7,10,16,19,25,28,60-61,65H,4-6,8-9,11-15,17-18,20-24,26-27,29-59H2,1-3H3,(H,69,70)/b10-7-,19-16-,28-25-. The van der Waals surface area contributed by atoms with Gasteiger partial charge in [0.1, 0.15) is 12.7 Å². The van der Waals surface area contributed by atoms with Gasteiger partial charge < -0.3 is 24.2 Å². The van der Waals surface area contributed by atoms with Crippen LogP contribution in [-0.2, 0) is 42.2 Å². The van der Waals surface area contributed by atoms with E-state index in [1.54, 1.807) is 0 Å². The topological polar surface area (TPSA) is 155 Å². The van der Waals surface area contributed by atoms with E-state index in [1.165, 1.54) is 167 Å². The highest BCUT2D eigenvalue weighted by Gasteiger charge is 2.28. The lowest BCUT2D eigenvalue weighted by molar-refractivity contribution is -0.161. The molecule has 3 unspecified atom stereocenters. The average molecular weight is 1100 g/mol. The third-order valence-corrected chi connectivity index (χ3v) is 15.0. The van der Waals surface area contributed by atoms with Crippen LogP contribution < -0.4 is 0 Å². The van der Waals surface area contributed by atoms with Crippen LogP contribution in [0.5, 0.6) is 0 Å². The number of carbonyl (C=O) groups excluding carboxylic acids is 3. The number of aliphatic hydroxyl groups is 1. The van der Waals surface area contributed by atoms with Gasteiger partial charge in [-0.2, -0.15) is 0 Å². The Morgan fingerprint density at radius 3 is 1.05 bits per heavy atom. The van der Waals surface area contributed by atoms with Crippen molar-refractivity contribution in [3.05, 3.63) is 36.5 Å². The molecule has 2 N–H and O–H groups in total. The maximum absolute atomic E-state index is 12.9. The highest BCUT2D eigenvalue weighted by Crippen LogP contribution is 2.43. The summed E-state index contributed by atoms with van der Waals surface area (Å²) in [5.41, 5.74) is 0. The molecule has 3 atom stereocenters. The van der Waals surface area contributed by atoms with E-state index in [2.05, 4.69) is 57.2 Å². The first-order valence-electron chi connectivity index (χ1n) is 31.9. The van der Waals surface area contributed by atoms with Gasteiger partial charge in [-0.1, -0.05) is 282 Å². The van der Waals surface area contributed by atoms with Crippen molar-refractivity contribution in [1.29, 1.82) is 0 Å². The summed E-state index contributed by atoms with van der Waals surface area (Å²) in [6, 6.07) is 0. The monoisotopic (exact) mass is 1090 g/mol. The second-order valence-electron chi connectivity index (χ2n) is 21.6. The fourth-order valence-corrected chi connectivity index (χ4v) is 10.0. The van der Waals surface area contributed by atoms with Crippen molar-refractivity contribution in [2.45, 2.75) is 328 Å². The van der Waals surface area contributed by atoms with Crippen LogP contribution in [0.15, 0.2) is 36.5 Å². The molecule has 0 radical (unpaired) electrons. The molecule has 11 nitrogen and oxygen atoms in total. The van der Waals surface area contributed by atoms with Crippen molar-refractivity contribution in [3.63, 3.8) is 0 Å². The second kappa shape index (κ2) is 58.8. The molecule has 0 aromatic rings. The maximum Gasteiger partial charge on any atom is 0.472 e. The summed E-state index contributed by atoms with van der Waals surface area (Å²) in [5, 5.41) is 9.84. The summed E-state index contributed by atoms with van der Waals surface area (Å²) in [6.45, 7) is 4.60. The molecule has 0 saturated heterocycles. The SMILES string of the molecule is CC/C=C\C/C=C\C/C=C\CCCCCCCCCC(=O)OCC(COP(=O)(O)OCC(CO)OC(=O)CCCCCCCCCCCCCCCCC)OC(=O)CCCCCCCCCCCCCCCCCCC. The molecule has 0 saturated carbocycles. The van der Waals surface area contributed by atoms with E-state index in [4.69, 9.17) is 23.3 Å². The van der Waals surface area contributed by atoms with Crippen molar-refractivity contribution in [1.82, 2.24) is 0 Å². The summed E-state index contributed by atoms with van der Waals surface area (Å²) in [6.07, 6.45) is 62.3. The van der Waals surface area contributed by atoms with Gasteiger partial charge >= 0.3 is 25.7 Å². The second-order valence-corrected chi connectivity index (χ2v) is 23.0. The van der Waals surface area contributed by atoms with Gasteiger partial charge in [0.15, 0.2) is 6.10 Å². The number of ether oxygens (including phenoxy) is 3. The zero-order chi connectivity index (χ0) is 55.5. The summed E-state index contributed by atoms with van der Waals surface area (Å²) in [7, 11) is -4.75. The van der Waals surface area contributed by atoms with Crippen molar-refractivity contribution >= 4 is 25.7 Å². The van der Waals surface area contributed by atoms with Crippen LogP contribution in [-0.4, -0.2) is 66.5 Å². The van der Waals surface area contributed by atoms with Crippen LogP contribution in [0.3, 0.4) is 0 Å². The zero-order valence-corrected chi connectivity index (χ0v) is 50.4. The Morgan fingerprint density at radius 1 is 0.382 bits per heavy atom. The quantitative estimate of drug-likeness (QED) is 0.0197. The molecule has 0 aliphatic heterocycles. The van der Waals surface area contributed by atoms with Crippen molar-refractivity contribution < 1.29 is 52.2 Å². The van der Waals surface area contributed by atoms with Crippen LogP contribution in [0, 0.1) is 0 Å². The normalized spacial score (nSPS) is 13.5. The van der Waals surface area contributed by atoms with Crippen molar-refractivity contribution in [2.24, 2.45) is 0 Å². The third kappa shape index (κ3) is 56.4. The van der Waals surface area contributed by atoms with Crippen molar-refractivity contribution in [3.8, 4) is 0 Å². The molecule has 0 bridgehead atoms. The van der Waals surface area contributed by atoms with Gasteiger partial charge in [-0.3, -0.25) is 23.4 Å². The summed E-state index contributed by atoms with van der Waals surface area (Å²) >= 11 is 0. The lowest BCUT2D eigenvalue weighted by Crippen LogP contribution is -2.30. The fraction of sp³-hybridized carbons (Fsp3) is 0.859. The van der Waals surface area contributed by atoms with Crippen LogP contribution in [0.1, 0.15) is 316 Å². The minimum Gasteiger partial charge on any atom is -0.462 e. The molecule has 0 aromatic carbocycles. The molecule has 0 spiro atoms. The first kappa shape index (κ1) is 73.7. The number of phosphoric acid groups is 1. The fourth-order valence-electron chi connectivity index (χ4n) is 9.26. The number of esters is 3. The van der Waals surface area contributed by atoms with E-state index in [9.17, 15) is 28.9 Å². The number of aliphatic hydroxyl groups excluding tert-OH is 1. The molecule has 0 aliphatic rings. The van der Waals surface area contributed by atoms with E-state index >= 15 is 0 Å². The molecule has 0 rings (SSSR count). The average Bonchev–Trinajstić information content (AvgIpc) is 3.41. The molecule has 0 heterocycles. The van der Waals surface area contributed by atoms with Gasteiger partial charge in [-0.15, -0.1) is 0 Å². The van der Waals surface area contributed by atoms with E-state index < -0.39 is 57.8 Å². The number of hydrogen-bond donors (Lipinski definition) is 2. The van der Waals surface area contributed by atoms with Crippen LogP contribution in [0.4, 0.5) is 0 Å². The van der Waals surface area contributed by atoms with Gasteiger partial charge in [-0.25, -0.2) is 4.57 Å². The van der Waals surface area contributed by atoms with Crippen LogP contribution in [0.25, 0.3) is 0 Å². The Hall–Kier alpha value is -2.30. The Kier molecular flexibility index (Phi) is 57.1. The van der Waals surface area contributed by atoms with Gasteiger partial charge in [0.2, 0.25) is 0 Å². The molecule has 12 heteroatoms. The minimum atomic E-state index is -4.75. The molecule has 0 aliphatic carbocycles. The molecule has 0 amide bonds. The summed E-state index contributed by atoms with van der Waals surface area (Å²) in [5.74, 6) is -1.45. The minimum absolute atomic E-state index is 0.172. The number of unbranched alkanes of at least 4 members (excludes halogenated alkanes) is 37. The third-order valence-electron chi connectivity index (χ3n) is 14.1. The summed E-state index contributed by atoms with van der Waals surface area (Å²) in [4.78, 5) is 48.7. The Bertz CT molecular complexity index is 1420. The smallest absolute Gasteiger partial charge is 0.462 e. The van der Waals surface area contributed by atoms with Gasteiger partial charge in [-0.05, 0) is 51.4 Å². The van der Waals surface area contributed by atoms with Crippen LogP contribution in [0.2, 0.25) is 0 Å². The molecule has 0 aromatic heterocycles. The van der Waals surface area contributed by atoms with Gasteiger partial charge in [0.25, 0.3) is 0 Å². The van der Waals surface area contributed by atoms with E-state index in [1.807, 2.05) is 0 Å². The highest BCUT2D eigenvalue weighted by atomic mass is 31.2. The largest absolute Gasteiger partial charge is 0.472 e. The first-order valence-corrected chi connectivity index (χ1v) is 33.4. The van der Waals surface area contributed by atoms with Gasteiger partial charge in [0.05, 0.1) is 19.8 Å². The predicted octanol–water partition coefficient (Wildman–Crippen LogP) is 19.2. The predicted molar refractivity (Wildman–Crippen MR) is 316 cm³/mol. The molecular weight excluding hydrogens is 976 g/mol. The van der Waals surface area contributed by atoms with Gasteiger partial charge in [0, 0.05) is 19.3 Å². The zero-order valence-electron chi connectivity index (χ0n) is 49.5. The number of rotatable bonds is 60.